The van der Waals surface area contributed by atoms with Gasteiger partial charge in [-0.1, -0.05) is 18.2 Å². The third-order valence-corrected chi connectivity index (χ3v) is 3.23. The van der Waals surface area contributed by atoms with E-state index in [1.165, 1.54) is 24.3 Å². The Morgan fingerprint density at radius 2 is 1.59 bits per heavy atom. The van der Waals surface area contributed by atoms with Crippen LogP contribution in [0.4, 0.5) is 13.2 Å². The minimum Gasteiger partial charge on any atom is -0.454 e. The summed E-state index contributed by atoms with van der Waals surface area (Å²) < 4.78 is 50.7. The van der Waals surface area contributed by atoms with E-state index < -0.39 is 12.4 Å². The Bertz CT molecular complexity index is 671. The first-order chi connectivity index (χ1) is 10.4. The van der Waals surface area contributed by atoms with Gasteiger partial charge in [-0.15, -0.1) is 13.2 Å². The summed E-state index contributed by atoms with van der Waals surface area (Å²) in [5.41, 5.74) is 7.56. The third-order valence-electron chi connectivity index (χ3n) is 3.23. The molecule has 0 fully saturated rings. The monoisotopic (exact) mass is 311 g/mol. The van der Waals surface area contributed by atoms with Gasteiger partial charge in [-0.05, 0) is 35.4 Å². The van der Waals surface area contributed by atoms with E-state index in [0.717, 1.165) is 5.56 Å². The zero-order chi connectivity index (χ0) is 15.7. The lowest BCUT2D eigenvalue weighted by molar-refractivity contribution is -0.274. The van der Waals surface area contributed by atoms with Gasteiger partial charge in [0.25, 0.3) is 0 Å². The Morgan fingerprint density at radius 1 is 0.955 bits per heavy atom. The predicted molar refractivity (Wildman–Crippen MR) is 71.7 cm³/mol. The van der Waals surface area contributed by atoms with Crippen LogP contribution in [0.1, 0.15) is 17.2 Å². The topological polar surface area (TPSA) is 53.7 Å². The molecule has 1 atom stereocenters. The average Bonchev–Trinajstić information content (AvgIpc) is 2.93. The van der Waals surface area contributed by atoms with Crippen molar-refractivity contribution in [3.05, 3.63) is 53.6 Å². The van der Waals surface area contributed by atoms with E-state index in [-0.39, 0.29) is 12.5 Å². The maximum atomic E-state index is 12.1. The summed E-state index contributed by atoms with van der Waals surface area (Å²) in [5.74, 6) is 0.962. The molecule has 3 rings (SSSR count). The number of ether oxygens (including phenoxy) is 3. The van der Waals surface area contributed by atoms with Crippen LogP contribution in [0, 0.1) is 0 Å². The number of benzene rings is 2. The van der Waals surface area contributed by atoms with E-state index in [2.05, 4.69) is 4.74 Å². The number of halogens is 3. The van der Waals surface area contributed by atoms with Gasteiger partial charge < -0.3 is 19.9 Å². The molecular formula is C15H12F3NO3. The smallest absolute Gasteiger partial charge is 0.454 e. The van der Waals surface area contributed by atoms with Crippen LogP contribution in [-0.2, 0) is 0 Å². The van der Waals surface area contributed by atoms with E-state index in [0.29, 0.717) is 17.1 Å². The number of fused-ring (bicyclic) bond motifs is 1. The first kappa shape index (κ1) is 14.5. The van der Waals surface area contributed by atoms with Crippen LogP contribution in [0.3, 0.4) is 0 Å². The van der Waals surface area contributed by atoms with Crippen molar-refractivity contribution in [1.29, 1.82) is 0 Å². The van der Waals surface area contributed by atoms with Crippen LogP contribution in [0.2, 0.25) is 0 Å². The molecule has 0 saturated carbocycles. The van der Waals surface area contributed by atoms with Gasteiger partial charge in [0, 0.05) is 0 Å². The summed E-state index contributed by atoms with van der Waals surface area (Å²) in [4.78, 5) is 0. The molecule has 22 heavy (non-hydrogen) atoms. The molecule has 7 heteroatoms. The largest absolute Gasteiger partial charge is 0.573 e. The number of alkyl halides is 3. The van der Waals surface area contributed by atoms with Crippen LogP contribution in [-0.4, -0.2) is 13.2 Å². The van der Waals surface area contributed by atoms with Gasteiger partial charge >= 0.3 is 6.36 Å². The quantitative estimate of drug-likeness (QED) is 0.944. The second kappa shape index (κ2) is 5.42. The Morgan fingerprint density at radius 3 is 2.27 bits per heavy atom. The molecule has 1 aliphatic heterocycles. The average molecular weight is 311 g/mol. The molecule has 1 aliphatic rings. The maximum absolute atomic E-state index is 12.1. The molecule has 2 N–H and O–H groups in total. The second-order valence-corrected chi connectivity index (χ2v) is 4.71. The van der Waals surface area contributed by atoms with Gasteiger partial charge in [0.2, 0.25) is 6.79 Å². The van der Waals surface area contributed by atoms with Crippen molar-refractivity contribution in [2.45, 2.75) is 12.4 Å². The highest BCUT2D eigenvalue weighted by molar-refractivity contribution is 5.47. The van der Waals surface area contributed by atoms with Gasteiger partial charge in [0.05, 0.1) is 6.04 Å². The van der Waals surface area contributed by atoms with E-state index in [9.17, 15) is 13.2 Å². The van der Waals surface area contributed by atoms with E-state index in [1.807, 2.05) is 0 Å². The molecule has 0 bridgehead atoms. The molecule has 0 unspecified atom stereocenters. The third kappa shape index (κ3) is 3.09. The number of rotatable bonds is 3. The zero-order valence-electron chi connectivity index (χ0n) is 11.3. The van der Waals surface area contributed by atoms with Gasteiger partial charge in [-0.3, -0.25) is 0 Å². The highest BCUT2D eigenvalue weighted by Crippen LogP contribution is 2.35. The van der Waals surface area contributed by atoms with Crippen molar-refractivity contribution in [3.63, 3.8) is 0 Å². The summed E-state index contributed by atoms with van der Waals surface area (Å²) >= 11 is 0. The fourth-order valence-corrected chi connectivity index (χ4v) is 2.18. The molecule has 2 aromatic carbocycles. The Balaban J connectivity index is 1.79. The molecule has 0 aromatic heterocycles. The van der Waals surface area contributed by atoms with Crippen LogP contribution in [0.15, 0.2) is 42.5 Å². The summed E-state index contributed by atoms with van der Waals surface area (Å²) in [6.45, 7) is 0.164. The summed E-state index contributed by atoms with van der Waals surface area (Å²) in [7, 11) is 0. The van der Waals surface area contributed by atoms with Crippen LogP contribution < -0.4 is 19.9 Å². The minimum atomic E-state index is -4.71. The predicted octanol–water partition coefficient (Wildman–Crippen LogP) is 3.36. The molecule has 0 spiro atoms. The van der Waals surface area contributed by atoms with Crippen molar-refractivity contribution >= 4 is 0 Å². The fraction of sp³-hybridized carbons (Fsp3) is 0.200. The van der Waals surface area contributed by atoms with E-state index >= 15 is 0 Å². The van der Waals surface area contributed by atoms with Crippen molar-refractivity contribution in [3.8, 4) is 17.2 Å². The number of hydrogen-bond donors (Lipinski definition) is 1. The lowest BCUT2D eigenvalue weighted by Gasteiger charge is -2.14. The summed E-state index contributed by atoms with van der Waals surface area (Å²) in [6.07, 6.45) is -4.71. The fourth-order valence-electron chi connectivity index (χ4n) is 2.18. The Hall–Kier alpha value is -2.41. The molecule has 1 heterocycles. The van der Waals surface area contributed by atoms with Crippen molar-refractivity contribution in [2.24, 2.45) is 5.73 Å². The maximum Gasteiger partial charge on any atom is 0.573 e. The zero-order valence-corrected chi connectivity index (χ0v) is 11.3. The first-order valence-corrected chi connectivity index (χ1v) is 6.43. The second-order valence-electron chi connectivity index (χ2n) is 4.71. The molecule has 2 aromatic rings. The summed E-state index contributed by atoms with van der Waals surface area (Å²) in [5, 5.41) is 0. The first-order valence-electron chi connectivity index (χ1n) is 6.43. The molecule has 0 aliphatic carbocycles. The van der Waals surface area contributed by atoms with Gasteiger partial charge in [-0.2, -0.15) is 0 Å². The Labute approximate surface area is 124 Å². The van der Waals surface area contributed by atoms with Gasteiger partial charge in [0.15, 0.2) is 11.5 Å². The molecule has 116 valence electrons. The highest BCUT2D eigenvalue weighted by atomic mass is 19.4. The van der Waals surface area contributed by atoms with Gasteiger partial charge in [0.1, 0.15) is 5.75 Å². The summed E-state index contributed by atoms with van der Waals surface area (Å²) in [6, 6.07) is 10.3. The van der Waals surface area contributed by atoms with Crippen LogP contribution >= 0.6 is 0 Å². The van der Waals surface area contributed by atoms with Crippen LogP contribution in [0.25, 0.3) is 0 Å². The Kier molecular flexibility index (Phi) is 3.58. The molecule has 0 saturated heterocycles. The SMILES string of the molecule is N[C@H](c1ccc(OC(F)(F)F)cc1)c1ccc2c(c1)OCO2. The van der Waals surface area contributed by atoms with Gasteiger partial charge in [-0.25, -0.2) is 0 Å². The molecular weight excluding hydrogens is 299 g/mol. The van der Waals surface area contributed by atoms with Crippen molar-refractivity contribution < 1.29 is 27.4 Å². The normalized spacial score (nSPS) is 14.7. The molecule has 0 amide bonds. The van der Waals surface area contributed by atoms with E-state index in [1.54, 1.807) is 18.2 Å². The van der Waals surface area contributed by atoms with Crippen LogP contribution in [0.5, 0.6) is 17.2 Å². The lowest BCUT2D eigenvalue weighted by Crippen LogP contribution is -2.17. The van der Waals surface area contributed by atoms with Crippen molar-refractivity contribution in [1.82, 2.24) is 0 Å². The molecule has 4 nitrogen and oxygen atoms in total. The minimum absolute atomic E-state index is 0.164. The van der Waals surface area contributed by atoms with Crippen molar-refractivity contribution in [2.75, 3.05) is 6.79 Å². The number of nitrogens with two attached hydrogens (primary N) is 1. The molecule has 0 radical (unpaired) electrons. The standard InChI is InChI=1S/C15H12F3NO3/c16-15(17,18)22-11-4-1-9(2-5-11)14(19)10-3-6-12-13(7-10)21-8-20-12/h1-7,14H,8,19H2/t14-/m1/s1. The highest BCUT2D eigenvalue weighted by Gasteiger charge is 2.31. The number of hydrogen-bond acceptors (Lipinski definition) is 4. The lowest BCUT2D eigenvalue weighted by atomic mass is 9.99. The van der Waals surface area contributed by atoms with E-state index in [4.69, 9.17) is 15.2 Å².